The van der Waals surface area contributed by atoms with Gasteiger partial charge in [-0.25, -0.2) is 0 Å². The first-order valence-electron chi connectivity index (χ1n) is 6.52. The van der Waals surface area contributed by atoms with E-state index in [2.05, 4.69) is 10.1 Å². The minimum Gasteiger partial charge on any atom is -0.497 e. The summed E-state index contributed by atoms with van der Waals surface area (Å²) in [5.41, 5.74) is 0.621. The maximum absolute atomic E-state index is 12.4. The molecule has 0 spiro atoms. The van der Waals surface area contributed by atoms with Crippen molar-refractivity contribution in [3.63, 3.8) is 0 Å². The van der Waals surface area contributed by atoms with Crippen molar-refractivity contribution in [2.45, 2.75) is 26.0 Å². The SMILES string of the molecule is COc1ccc(CNCC2(CO)CC2)c(OC(F)F)c1. The van der Waals surface area contributed by atoms with E-state index in [0.29, 0.717) is 24.4 Å². The van der Waals surface area contributed by atoms with Crippen LogP contribution < -0.4 is 14.8 Å². The summed E-state index contributed by atoms with van der Waals surface area (Å²) in [6, 6.07) is 4.85. The molecule has 1 saturated carbocycles. The molecule has 2 N–H and O–H groups in total. The van der Waals surface area contributed by atoms with Gasteiger partial charge in [-0.3, -0.25) is 0 Å². The van der Waals surface area contributed by atoms with Crippen molar-refractivity contribution < 1.29 is 23.4 Å². The average molecular weight is 287 g/mol. The molecule has 0 amide bonds. The molecular formula is C14H19F2NO3. The summed E-state index contributed by atoms with van der Waals surface area (Å²) in [6.07, 6.45) is 2.00. The third kappa shape index (κ3) is 3.80. The van der Waals surface area contributed by atoms with Crippen LogP contribution >= 0.6 is 0 Å². The molecule has 1 fully saturated rings. The molecule has 0 radical (unpaired) electrons. The van der Waals surface area contributed by atoms with E-state index in [0.717, 1.165) is 12.8 Å². The van der Waals surface area contributed by atoms with Gasteiger partial charge in [0.2, 0.25) is 0 Å². The zero-order valence-electron chi connectivity index (χ0n) is 11.4. The second-order valence-electron chi connectivity index (χ2n) is 5.11. The Labute approximate surface area is 116 Å². The van der Waals surface area contributed by atoms with Crippen molar-refractivity contribution in [1.29, 1.82) is 0 Å². The lowest BCUT2D eigenvalue weighted by atomic mass is 10.1. The van der Waals surface area contributed by atoms with Crippen molar-refractivity contribution >= 4 is 0 Å². The topological polar surface area (TPSA) is 50.7 Å². The van der Waals surface area contributed by atoms with Gasteiger partial charge in [-0.05, 0) is 18.9 Å². The summed E-state index contributed by atoms with van der Waals surface area (Å²) in [4.78, 5) is 0. The van der Waals surface area contributed by atoms with Crippen molar-refractivity contribution in [1.82, 2.24) is 5.32 Å². The summed E-state index contributed by atoms with van der Waals surface area (Å²) < 4.78 is 34.3. The molecule has 1 aromatic rings. The van der Waals surface area contributed by atoms with E-state index in [1.165, 1.54) is 13.2 Å². The Kier molecular flexibility index (Phi) is 4.77. The summed E-state index contributed by atoms with van der Waals surface area (Å²) in [5.74, 6) is 0.583. The number of aliphatic hydroxyl groups excluding tert-OH is 1. The van der Waals surface area contributed by atoms with Crippen molar-refractivity contribution in [2.24, 2.45) is 5.41 Å². The zero-order chi connectivity index (χ0) is 14.6. The predicted octanol–water partition coefficient (Wildman–Crippen LogP) is 2.16. The van der Waals surface area contributed by atoms with Crippen LogP contribution in [0.3, 0.4) is 0 Å². The lowest BCUT2D eigenvalue weighted by Crippen LogP contribution is -2.26. The highest BCUT2D eigenvalue weighted by atomic mass is 19.3. The number of hydrogen-bond acceptors (Lipinski definition) is 4. The second kappa shape index (κ2) is 6.37. The maximum Gasteiger partial charge on any atom is 0.387 e. The number of rotatable bonds is 8. The maximum atomic E-state index is 12.4. The van der Waals surface area contributed by atoms with Crippen LogP contribution in [0.5, 0.6) is 11.5 Å². The quantitative estimate of drug-likeness (QED) is 0.769. The van der Waals surface area contributed by atoms with Crippen LogP contribution in [-0.4, -0.2) is 32.0 Å². The van der Waals surface area contributed by atoms with Gasteiger partial charge in [-0.15, -0.1) is 0 Å². The summed E-state index contributed by atoms with van der Waals surface area (Å²) in [5, 5.41) is 12.4. The highest BCUT2D eigenvalue weighted by Crippen LogP contribution is 2.44. The largest absolute Gasteiger partial charge is 0.497 e. The normalized spacial score (nSPS) is 16.2. The molecule has 1 aliphatic carbocycles. The van der Waals surface area contributed by atoms with Gasteiger partial charge in [-0.1, -0.05) is 6.07 Å². The zero-order valence-corrected chi connectivity index (χ0v) is 11.4. The highest BCUT2D eigenvalue weighted by molar-refractivity contribution is 5.40. The van der Waals surface area contributed by atoms with Crippen LogP contribution in [0.25, 0.3) is 0 Å². The molecule has 4 nitrogen and oxygen atoms in total. The monoisotopic (exact) mass is 287 g/mol. The minimum absolute atomic E-state index is 0.0177. The highest BCUT2D eigenvalue weighted by Gasteiger charge is 2.41. The average Bonchev–Trinajstić information content (AvgIpc) is 3.20. The van der Waals surface area contributed by atoms with E-state index in [1.54, 1.807) is 12.1 Å². The first-order valence-corrected chi connectivity index (χ1v) is 6.52. The van der Waals surface area contributed by atoms with Gasteiger partial charge in [0.15, 0.2) is 0 Å². The van der Waals surface area contributed by atoms with Gasteiger partial charge in [0.05, 0.1) is 7.11 Å². The van der Waals surface area contributed by atoms with Crippen molar-refractivity contribution in [2.75, 3.05) is 20.3 Å². The number of halogens is 2. The third-order valence-corrected chi connectivity index (χ3v) is 3.60. The summed E-state index contributed by atoms with van der Waals surface area (Å²) in [6.45, 7) is -1.63. The molecular weight excluding hydrogens is 268 g/mol. The number of benzene rings is 1. The van der Waals surface area contributed by atoms with Crippen LogP contribution in [0.1, 0.15) is 18.4 Å². The Balaban J connectivity index is 1.98. The van der Waals surface area contributed by atoms with E-state index in [9.17, 15) is 13.9 Å². The molecule has 0 aromatic heterocycles. The van der Waals surface area contributed by atoms with E-state index >= 15 is 0 Å². The van der Waals surface area contributed by atoms with Gasteiger partial charge in [0, 0.05) is 36.7 Å². The first-order chi connectivity index (χ1) is 9.58. The Bertz CT molecular complexity index is 450. The van der Waals surface area contributed by atoms with Crippen LogP contribution in [0.2, 0.25) is 0 Å². The van der Waals surface area contributed by atoms with Crippen LogP contribution in [-0.2, 0) is 6.54 Å². The Hall–Kier alpha value is -1.40. The van der Waals surface area contributed by atoms with Crippen molar-refractivity contribution in [3.05, 3.63) is 23.8 Å². The Morgan fingerprint density at radius 3 is 2.70 bits per heavy atom. The summed E-state index contributed by atoms with van der Waals surface area (Å²) in [7, 11) is 1.47. The first kappa shape index (κ1) is 15.0. The van der Waals surface area contributed by atoms with E-state index < -0.39 is 6.61 Å². The molecule has 0 atom stereocenters. The van der Waals surface area contributed by atoms with Crippen molar-refractivity contribution in [3.8, 4) is 11.5 Å². The molecule has 0 bridgehead atoms. The second-order valence-corrected chi connectivity index (χ2v) is 5.11. The molecule has 0 saturated heterocycles. The fourth-order valence-corrected chi connectivity index (χ4v) is 2.04. The fourth-order valence-electron chi connectivity index (χ4n) is 2.04. The molecule has 112 valence electrons. The lowest BCUT2D eigenvalue weighted by Gasteiger charge is -2.15. The number of hydrogen-bond donors (Lipinski definition) is 2. The molecule has 0 aliphatic heterocycles. The van der Waals surface area contributed by atoms with E-state index in [-0.39, 0.29) is 17.8 Å². The minimum atomic E-state index is -2.87. The Morgan fingerprint density at radius 2 is 2.15 bits per heavy atom. The number of nitrogens with one attached hydrogen (secondary N) is 1. The fraction of sp³-hybridized carbons (Fsp3) is 0.571. The molecule has 1 aromatic carbocycles. The standard InChI is InChI=1S/C14H19F2NO3/c1-19-11-3-2-10(12(6-11)20-13(15)16)7-17-8-14(9-18)4-5-14/h2-3,6,13,17-18H,4-5,7-9H2,1H3. The van der Waals surface area contributed by atoms with Crippen LogP contribution in [0, 0.1) is 5.41 Å². The third-order valence-electron chi connectivity index (χ3n) is 3.60. The van der Waals surface area contributed by atoms with E-state index in [4.69, 9.17) is 4.74 Å². The van der Waals surface area contributed by atoms with E-state index in [1.807, 2.05) is 0 Å². The van der Waals surface area contributed by atoms with Gasteiger partial charge < -0.3 is 19.9 Å². The van der Waals surface area contributed by atoms with Gasteiger partial charge in [-0.2, -0.15) is 8.78 Å². The molecule has 2 rings (SSSR count). The summed E-state index contributed by atoms with van der Waals surface area (Å²) >= 11 is 0. The number of methoxy groups -OCH3 is 1. The molecule has 20 heavy (non-hydrogen) atoms. The lowest BCUT2D eigenvalue weighted by molar-refractivity contribution is -0.0505. The molecule has 6 heteroatoms. The molecule has 0 heterocycles. The van der Waals surface area contributed by atoms with Crippen LogP contribution in [0.4, 0.5) is 8.78 Å². The van der Waals surface area contributed by atoms with Crippen LogP contribution in [0.15, 0.2) is 18.2 Å². The number of aliphatic hydroxyl groups is 1. The number of ether oxygens (including phenoxy) is 2. The Morgan fingerprint density at radius 1 is 1.40 bits per heavy atom. The van der Waals surface area contributed by atoms with Gasteiger partial charge in [0.1, 0.15) is 11.5 Å². The van der Waals surface area contributed by atoms with Gasteiger partial charge in [0.25, 0.3) is 0 Å². The smallest absolute Gasteiger partial charge is 0.387 e. The molecule has 0 unspecified atom stereocenters. The van der Waals surface area contributed by atoms with Gasteiger partial charge >= 0.3 is 6.61 Å². The predicted molar refractivity (Wildman–Crippen MR) is 70.1 cm³/mol. The number of alkyl halides is 2. The molecule has 1 aliphatic rings.